The van der Waals surface area contributed by atoms with Crippen molar-refractivity contribution in [1.82, 2.24) is 15.6 Å². The standard InChI is InChI=1S/C12H15N3O3/c1-3-6-18-9-5-4-8(7-13-9)12(2)10(16)14-11(17)15-12/h4-5,7H,3,6H2,1-2H3,(H2,14,15,16,17). The molecular weight excluding hydrogens is 234 g/mol. The van der Waals surface area contributed by atoms with Gasteiger partial charge in [0.15, 0.2) is 0 Å². The highest BCUT2D eigenvalue weighted by Gasteiger charge is 2.43. The smallest absolute Gasteiger partial charge is 0.322 e. The van der Waals surface area contributed by atoms with Crippen LogP contribution in [0.5, 0.6) is 5.88 Å². The largest absolute Gasteiger partial charge is 0.478 e. The molecule has 1 unspecified atom stereocenters. The summed E-state index contributed by atoms with van der Waals surface area (Å²) < 4.78 is 5.35. The van der Waals surface area contributed by atoms with E-state index in [1.54, 1.807) is 19.1 Å². The number of nitrogens with zero attached hydrogens (tertiary/aromatic N) is 1. The van der Waals surface area contributed by atoms with E-state index in [1.807, 2.05) is 6.92 Å². The maximum atomic E-state index is 11.7. The van der Waals surface area contributed by atoms with Crippen LogP contribution in [0.15, 0.2) is 18.3 Å². The van der Waals surface area contributed by atoms with E-state index in [2.05, 4.69) is 15.6 Å². The first-order valence-electron chi connectivity index (χ1n) is 5.79. The third-order valence-corrected chi connectivity index (χ3v) is 2.81. The highest BCUT2D eigenvalue weighted by Crippen LogP contribution is 2.24. The molecule has 2 rings (SSSR count). The number of pyridine rings is 1. The van der Waals surface area contributed by atoms with Crippen LogP contribution in [0, 0.1) is 0 Å². The Labute approximate surface area is 105 Å². The molecular formula is C12H15N3O3. The number of amides is 3. The fourth-order valence-corrected chi connectivity index (χ4v) is 1.71. The molecule has 0 spiro atoms. The summed E-state index contributed by atoms with van der Waals surface area (Å²) in [5, 5.41) is 4.79. The van der Waals surface area contributed by atoms with Gasteiger partial charge in [-0.1, -0.05) is 6.92 Å². The van der Waals surface area contributed by atoms with Gasteiger partial charge in [-0.15, -0.1) is 0 Å². The van der Waals surface area contributed by atoms with Gasteiger partial charge in [-0.25, -0.2) is 9.78 Å². The van der Waals surface area contributed by atoms with Crippen molar-refractivity contribution in [2.24, 2.45) is 0 Å². The van der Waals surface area contributed by atoms with Gasteiger partial charge in [-0.2, -0.15) is 0 Å². The quantitative estimate of drug-likeness (QED) is 0.778. The SMILES string of the molecule is CCCOc1ccc(C2(C)NC(=O)NC2=O)cn1. The van der Waals surface area contributed by atoms with Gasteiger partial charge >= 0.3 is 6.03 Å². The van der Waals surface area contributed by atoms with E-state index in [9.17, 15) is 9.59 Å². The molecule has 1 saturated heterocycles. The number of hydrogen-bond donors (Lipinski definition) is 2. The van der Waals surface area contributed by atoms with Gasteiger partial charge < -0.3 is 10.1 Å². The van der Waals surface area contributed by atoms with E-state index in [0.717, 1.165) is 6.42 Å². The molecule has 6 nitrogen and oxygen atoms in total. The van der Waals surface area contributed by atoms with Gasteiger partial charge in [0.2, 0.25) is 5.88 Å². The number of urea groups is 1. The second kappa shape index (κ2) is 4.64. The second-order valence-corrected chi connectivity index (χ2v) is 4.27. The average molecular weight is 249 g/mol. The van der Waals surface area contributed by atoms with Gasteiger partial charge in [0.25, 0.3) is 5.91 Å². The van der Waals surface area contributed by atoms with Crippen molar-refractivity contribution >= 4 is 11.9 Å². The van der Waals surface area contributed by atoms with Crippen LogP contribution in [0.4, 0.5) is 4.79 Å². The van der Waals surface area contributed by atoms with Gasteiger partial charge in [0.05, 0.1) is 6.61 Å². The third kappa shape index (κ3) is 2.13. The molecule has 0 aromatic carbocycles. The Hall–Kier alpha value is -2.11. The molecule has 1 aliphatic heterocycles. The van der Waals surface area contributed by atoms with E-state index in [0.29, 0.717) is 18.1 Å². The number of carbonyl (C=O) groups excluding carboxylic acids is 2. The molecule has 18 heavy (non-hydrogen) atoms. The summed E-state index contributed by atoms with van der Waals surface area (Å²) in [4.78, 5) is 27.0. The van der Waals surface area contributed by atoms with Gasteiger partial charge in [-0.3, -0.25) is 10.1 Å². The number of hydrogen-bond acceptors (Lipinski definition) is 4. The molecule has 2 heterocycles. The fraction of sp³-hybridized carbons (Fsp3) is 0.417. The molecule has 0 bridgehead atoms. The minimum absolute atomic E-state index is 0.378. The Morgan fingerprint density at radius 1 is 1.39 bits per heavy atom. The third-order valence-electron chi connectivity index (χ3n) is 2.81. The molecule has 1 aromatic heterocycles. The molecule has 1 aliphatic rings. The minimum atomic E-state index is -1.06. The minimum Gasteiger partial charge on any atom is -0.478 e. The zero-order chi connectivity index (χ0) is 13.2. The molecule has 3 amide bonds. The highest BCUT2D eigenvalue weighted by atomic mass is 16.5. The van der Waals surface area contributed by atoms with Crippen LogP contribution in [-0.4, -0.2) is 23.5 Å². The van der Waals surface area contributed by atoms with Crippen LogP contribution in [-0.2, 0) is 10.3 Å². The normalized spacial score (nSPS) is 22.6. The number of rotatable bonds is 4. The van der Waals surface area contributed by atoms with Crippen LogP contribution in [0.2, 0.25) is 0 Å². The number of nitrogens with one attached hydrogen (secondary N) is 2. The summed E-state index contributed by atoms with van der Waals surface area (Å²) in [6.07, 6.45) is 2.44. The van der Waals surface area contributed by atoms with Crippen LogP contribution < -0.4 is 15.4 Å². The summed E-state index contributed by atoms with van der Waals surface area (Å²) in [6.45, 7) is 4.24. The van der Waals surface area contributed by atoms with Crippen LogP contribution >= 0.6 is 0 Å². The zero-order valence-corrected chi connectivity index (χ0v) is 10.3. The van der Waals surface area contributed by atoms with E-state index >= 15 is 0 Å². The lowest BCUT2D eigenvalue weighted by Gasteiger charge is -2.20. The average Bonchev–Trinajstić information content (AvgIpc) is 2.62. The summed E-state index contributed by atoms with van der Waals surface area (Å²) in [7, 11) is 0. The molecule has 0 radical (unpaired) electrons. The molecule has 1 fully saturated rings. The Morgan fingerprint density at radius 3 is 2.67 bits per heavy atom. The van der Waals surface area contributed by atoms with Crippen molar-refractivity contribution in [1.29, 1.82) is 0 Å². The molecule has 0 saturated carbocycles. The molecule has 0 aliphatic carbocycles. The van der Waals surface area contributed by atoms with Gasteiger partial charge in [-0.05, 0) is 19.4 Å². The molecule has 96 valence electrons. The first kappa shape index (κ1) is 12.3. The van der Waals surface area contributed by atoms with Crippen molar-refractivity contribution in [3.8, 4) is 5.88 Å². The topological polar surface area (TPSA) is 80.3 Å². The zero-order valence-electron chi connectivity index (χ0n) is 10.3. The number of carbonyl (C=O) groups is 2. The van der Waals surface area contributed by atoms with Gasteiger partial charge in [0.1, 0.15) is 5.54 Å². The molecule has 1 atom stereocenters. The lowest BCUT2D eigenvalue weighted by atomic mass is 9.94. The van der Waals surface area contributed by atoms with E-state index in [1.165, 1.54) is 6.20 Å². The number of imide groups is 1. The first-order chi connectivity index (χ1) is 8.56. The van der Waals surface area contributed by atoms with E-state index in [-0.39, 0.29) is 5.91 Å². The monoisotopic (exact) mass is 249 g/mol. The Balaban J connectivity index is 2.19. The Kier molecular flexibility index (Phi) is 3.18. The molecule has 6 heteroatoms. The lowest BCUT2D eigenvalue weighted by Crippen LogP contribution is -2.40. The predicted molar refractivity (Wildman–Crippen MR) is 64.0 cm³/mol. The second-order valence-electron chi connectivity index (χ2n) is 4.27. The number of ether oxygens (including phenoxy) is 1. The van der Waals surface area contributed by atoms with Crippen LogP contribution in [0.1, 0.15) is 25.8 Å². The van der Waals surface area contributed by atoms with Crippen molar-refractivity contribution < 1.29 is 14.3 Å². The van der Waals surface area contributed by atoms with Crippen molar-refractivity contribution in [3.05, 3.63) is 23.9 Å². The fourth-order valence-electron chi connectivity index (χ4n) is 1.71. The van der Waals surface area contributed by atoms with Crippen LogP contribution in [0.25, 0.3) is 0 Å². The van der Waals surface area contributed by atoms with Crippen molar-refractivity contribution in [2.75, 3.05) is 6.61 Å². The molecule has 2 N–H and O–H groups in total. The lowest BCUT2D eigenvalue weighted by molar-refractivity contribution is -0.123. The highest BCUT2D eigenvalue weighted by molar-refractivity contribution is 6.07. The van der Waals surface area contributed by atoms with E-state index in [4.69, 9.17) is 4.74 Å². The maximum absolute atomic E-state index is 11.7. The summed E-state index contributed by atoms with van der Waals surface area (Å²) in [5.41, 5.74) is -0.442. The first-order valence-corrected chi connectivity index (χ1v) is 5.79. The summed E-state index contributed by atoms with van der Waals surface area (Å²) in [6, 6.07) is 2.92. The van der Waals surface area contributed by atoms with Gasteiger partial charge in [0, 0.05) is 17.8 Å². The number of aromatic nitrogens is 1. The summed E-state index contributed by atoms with van der Waals surface area (Å²) in [5.74, 6) is 0.130. The summed E-state index contributed by atoms with van der Waals surface area (Å²) >= 11 is 0. The predicted octanol–water partition coefficient (Wildman–Crippen LogP) is 0.925. The van der Waals surface area contributed by atoms with Crippen molar-refractivity contribution in [3.63, 3.8) is 0 Å². The van der Waals surface area contributed by atoms with Crippen molar-refractivity contribution in [2.45, 2.75) is 25.8 Å². The van der Waals surface area contributed by atoms with E-state index < -0.39 is 11.6 Å². The van der Waals surface area contributed by atoms with Crippen LogP contribution in [0.3, 0.4) is 0 Å². The Morgan fingerprint density at radius 2 is 2.17 bits per heavy atom. The molecule has 1 aromatic rings. The Bertz CT molecular complexity index is 472. The maximum Gasteiger partial charge on any atom is 0.322 e.